The van der Waals surface area contributed by atoms with E-state index in [1.54, 1.807) is 37.4 Å². The maximum absolute atomic E-state index is 12.8. The highest BCUT2D eigenvalue weighted by atomic mass is 35.5. The van der Waals surface area contributed by atoms with Gasteiger partial charge in [0.25, 0.3) is 15.6 Å². The normalized spacial score (nSPS) is 11.1. The number of hydrogen-bond acceptors (Lipinski definition) is 5. The van der Waals surface area contributed by atoms with Gasteiger partial charge in [0.05, 0.1) is 11.9 Å². The summed E-state index contributed by atoms with van der Waals surface area (Å²) in [6.07, 6.45) is 3.60. The summed E-state index contributed by atoms with van der Waals surface area (Å²) < 4.78 is 32.3. The molecule has 0 aromatic carbocycles. The molecule has 3 rings (SSSR count). The first-order valence-corrected chi connectivity index (χ1v) is 9.50. The van der Waals surface area contributed by atoms with Gasteiger partial charge in [-0.1, -0.05) is 6.92 Å². The first-order chi connectivity index (χ1) is 12.3. The van der Waals surface area contributed by atoms with E-state index >= 15 is 0 Å². The fourth-order valence-electron chi connectivity index (χ4n) is 2.60. The number of anilines is 1. The van der Waals surface area contributed by atoms with Crippen molar-refractivity contribution in [2.24, 2.45) is 0 Å². The fraction of sp³-hybridized carbons (Fsp3) is 0.222. The number of aryl methyl sites for hydroxylation is 2. The van der Waals surface area contributed by atoms with Crippen molar-refractivity contribution in [3.05, 3.63) is 64.3 Å². The zero-order valence-electron chi connectivity index (χ0n) is 15.1. The maximum atomic E-state index is 12.8. The lowest BCUT2D eigenvalue weighted by Gasteiger charge is -2.17. The van der Waals surface area contributed by atoms with E-state index in [0.29, 0.717) is 34.7 Å². The van der Waals surface area contributed by atoms with Crippen LogP contribution in [0.2, 0.25) is 0 Å². The summed E-state index contributed by atoms with van der Waals surface area (Å²) in [4.78, 5) is 18.6. The van der Waals surface area contributed by atoms with Crippen LogP contribution in [0.1, 0.15) is 18.2 Å². The molecular weight excluding hydrogens is 390 g/mol. The number of hydrogen-bond donors (Lipinski definition) is 1. The number of rotatable bonds is 5. The highest BCUT2D eigenvalue weighted by molar-refractivity contribution is 7.92. The molecule has 0 aliphatic heterocycles. The Hall–Kier alpha value is -2.58. The molecule has 0 atom stereocenters. The molecule has 3 aromatic heterocycles. The minimum Gasteiger partial charge on any atom is -0.443 e. The van der Waals surface area contributed by atoms with E-state index in [1.165, 1.54) is 19.3 Å². The van der Waals surface area contributed by atoms with Gasteiger partial charge in [-0.05, 0) is 43.7 Å². The van der Waals surface area contributed by atoms with Crippen molar-refractivity contribution < 1.29 is 12.8 Å². The average molecular weight is 410 g/mol. The average Bonchev–Trinajstić information content (AvgIpc) is 3.12. The number of pyridine rings is 2. The van der Waals surface area contributed by atoms with Gasteiger partial charge in [0.1, 0.15) is 5.76 Å². The molecule has 0 fully saturated rings. The SMILES string of the molecule is CCc1cc(-c2ccc(S(=O)(=O)N(C)c3cccnc3)o2)c(C)[nH]c1=O.Cl. The minimum absolute atomic E-state index is 0. The van der Waals surface area contributed by atoms with Crippen molar-refractivity contribution in [2.45, 2.75) is 25.4 Å². The molecule has 0 saturated carbocycles. The Morgan fingerprint density at radius 3 is 2.63 bits per heavy atom. The topological polar surface area (TPSA) is 96.3 Å². The first kappa shape index (κ1) is 20.7. The molecule has 0 bridgehead atoms. The van der Waals surface area contributed by atoms with E-state index in [9.17, 15) is 13.2 Å². The Morgan fingerprint density at radius 2 is 2.00 bits per heavy atom. The van der Waals surface area contributed by atoms with Gasteiger partial charge in [0.15, 0.2) is 0 Å². The molecule has 0 spiro atoms. The van der Waals surface area contributed by atoms with Gasteiger partial charge in [-0.3, -0.25) is 14.1 Å². The van der Waals surface area contributed by atoms with E-state index in [1.807, 2.05) is 6.92 Å². The van der Waals surface area contributed by atoms with Crippen molar-refractivity contribution in [1.82, 2.24) is 9.97 Å². The summed E-state index contributed by atoms with van der Waals surface area (Å²) in [6, 6.07) is 8.03. The third-order valence-electron chi connectivity index (χ3n) is 4.17. The van der Waals surface area contributed by atoms with Crippen LogP contribution in [0.5, 0.6) is 0 Å². The van der Waals surface area contributed by atoms with Crippen LogP contribution in [-0.2, 0) is 16.4 Å². The second-order valence-electron chi connectivity index (χ2n) is 5.82. The molecule has 3 heterocycles. The number of sulfonamides is 1. The van der Waals surface area contributed by atoms with Crippen LogP contribution >= 0.6 is 12.4 Å². The Bertz CT molecular complexity index is 1090. The standard InChI is InChI=1S/C18H19N3O4S.ClH/c1-4-13-10-15(12(2)20-18(13)22)16-7-8-17(25-16)26(23,24)21(3)14-6-5-9-19-11-14;/h5-11H,4H2,1-3H3,(H,20,22);1H. The summed E-state index contributed by atoms with van der Waals surface area (Å²) in [5.74, 6) is 0.381. The van der Waals surface area contributed by atoms with Crippen molar-refractivity contribution >= 4 is 28.1 Å². The van der Waals surface area contributed by atoms with Crippen molar-refractivity contribution in [1.29, 1.82) is 0 Å². The Kier molecular flexibility index (Phi) is 6.12. The predicted molar refractivity (Wildman–Crippen MR) is 106 cm³/mol. The second-order valence-corrected chi connectivity index (χ2v) is 7.72. The largest absolute Gasteiger partial charge is 0.443 e. The van der Waals surface area contributed by atoms with Crippen LogP contribution < -0.4 is 9.86 Å². The molecule has 0 saturated heterocycles. The zero-order valence-corrected chi connectivity index (χ0v) is 16.7. The quantitative estimate of drug-likeness (QED) is 0.698. The molecule has 0 unspecified atom stereocenters. The van der Waals surface area contributed by atoms with E-state index in [-0.39, 0.29) is 23.1 Å². The van der Waals surface area contributed by atoms with E-state index < -0.39 is 10.0 Å². The third kappa shape index (κ3) is 3.91. The molecule has 0 amide bonds. The van der Waals surface area contributed by atoms with Crippen LogP contribution in [0.4, 0.5) is 5.69 Å². The number of aromatic amines is 1. The van der Waals surface area contributed by atoms with Gasteiger partial charge in [0.2, 0.25) is 5.09 Å². The molecule has 27 heavy (non-hydrogen) atoms. The molecule has 0 aliphatic carbocycles. The van der Waals surface area contributed by atoms with Gasteiger partial charge >= 0.3 is 0 Å². The van der Waals surface area contributed by atoms with Crippen molar-refractivity contribution in [3.63, 3.8) is 0 Å². The van der Waals surface area contributed by atoms with Crippen molar-refractivity contribution in [2.75, 3.05) is 11.4 Å². The Balaban J connectivity index is 0.00000261. The summed E-state index contributed by atoms with van der Waals surface area (Å²) >= 11 is 0. The third-order valence-corrected chi connectivity index (χ3v) is 5.83. The number of aromatic nitrogens is 2. The lowest BCUT2D eigenvalue weighted by molar-refractivity contribution is 0.460. The Morgan fingerprint density at radius 1 is 1.26 bits per heavy atom. The van der Waals surface area contributed by atoms with Gasteiger partial charge in [-0.15, -0.1) is 12.4 Å². The number of nitrogens with one attached hydrogen (secondary N) is 1. The summed E-state index contributed by atoms with van der Waals surface area (Å²) in [5, 5.41) is -0.178. The van der Waals surface area contributed by atoms with Crippen molar-refractivity contribution in [3.8, 4) is 11.3 Å². The first-order valence-electron chi connectivity index (χ1n) is 8.06. The number of nitrogens with zero attached hydrogens (tertiary/aromatic N) is 2. The number of furan rings is 1. The second kappa shape index (κ2) is 7.98. The summed E-state index contributed by atoms with van der Waals surface area (Å²) in [7, 11) is -2.42. The lowest BCUT2D eigenvalue weighted by atomic mass is 10.1. The Labute approximate surface area is 163 Å². The van der Waals surface area contributed by atoms with E-state index in [4.69, 9.17) is 4.42 Å². The maximum Gasteiger partial charge on any atom is 0.297 e. The molecule has 144 valence electrons. The van der Waals surface area contributed by atoms with Gasteiger partial charge in [-0.2, -0.15) is 8.42 Å². The zero-order chi connectivity index (χ0) is 18.9. The van der Waals surface area contributed by atoms with Crippen LogP contribution in [0.25, 0.3) is 11.3 Å². The molecule has 7 nitrogen and oxygen atoms in total. The van der Waals surface area contributed by atoms with Gasteiger partial charge < -0.3 is 9.40 Å². The van der Waals surface area contributed by atoms with Crippen LogP contribution in [0.15, 0.2) is 57.0 Å². The molecule has 1 N–H and O–H groups in total. The van der Waals surface area contributed by atoms with Gasteiger partial charge in [-0.25, -0.2) is 0 Å². The number of H-pyrrole nitrogens is 1. The smallest absolute Gasteiger partial charge is 0.297 e. The molecule has 0 radical (unpaired) electrons. The van der Waals surface area contributed by atoms with Crippen LogP contribution in [0.3, 0.4) is 0 Å². The molecular formula is C18H20ClN3O4S. The fourth-order valence-corrected chi connectivity index (χ4v) is 3.69. The monoisotopic (exact) mass is 409 g/mol. The van der Waals surface area contributed by atoms with Gasteiger partial charge in [0, 0.05) is 30.1 Å². The lowest BCUT2D eigenvalue weighted by Crippen LogP contribution is -2.26. The predicted octanol–water partition coefficient (Wildman–Crippen LogP) is 3.15. The minimum atomic E-state index is -3.86. The summed E-state index contributed by atoms with van der Waals surface area (Å²) in [5.41, 5.74) is 2.17. The van der Waals surface area contributed by atoms with Crippen LogP contribution in [-0.4, -0.2) is 25.4 Å². The van der Waals surface area contributed by atoms with E-state index in [0.717, 1.165) is 4.31 Å². The molecule has 0 aliphatic rings. The summed E-state index contributed by atoms with van der Waals surface area (Å²) in [6.45, 7) is 3.62. The molecule has 3 aromatic rings. The highest BCUT2D eigenvalue weighted by Crippen LogP contribution is 2.29. The van der Waals surface area contributed by atoms with Crippen LogP contribution in [0, 0.1) is 6.92 Å². The highest BCUT2D eigenvalue weighted by Gasteiger charge is 2.26. The van der Waals surface area contributed by atoms with E-state index in [2.05, 4.69) is 9.97 Å². The molecule has 9 heteroatoms. The number of halogens is 1.